The normalized spacial score (nSPS) is 14.0. The molecule has 0 fully saturated rings. The first-order valence-corrected chi connectivity index (χ1v) is 7.15. The van der Waals surface area contributed by atoms with E-state index >= 15 is 0 Å². The van der Waals surface area contributed by atoms with Crippen molar-refractivity contribution in [2.24, 2.45) is 0 Å². The topological polar surface area (TPSA) is 58.6 Å². The molecule has 0 amide bonds. The van der Waals surface area contributed by atoms with Gasteiger partial charge in [-0.25, -0.2) is 4.39 Å². The van der Waals surface area contributed by atoms with E-state index in [0.717, 1.165) is 0 Å². The molecule has 0 aliphatic carbocycles. The summed E-state index contributed by atoms with van der Waals surface area (Å²) in [5.41, 5.74) is -0.466. The van der Waals surface area contributed by atoms with Gasteiger partial charge in [-0.05, 0) is 52.2 Å². The van der Waals surface area contributed by atoms with E-state index in [1.54, 1.807) is 32.0 Å². The number of carboxylic acids is 1. The van der Waals surface area contributed by atoms with Crippen molar-refractivity contribution in [3.63, 3.8) is 0 Å². The lowest BCUT2D eigenvalue weighted by Gasteiger charge is -2.28. The van der Waals surface area contributed by atoms with Crippen LogP contribution in [0.15, 0.2) is 18.2 Å². The molecule has 0 spiro atoms. The van der Waals surface area contributed by atoms with Crippen molar-refractivity contribution in [1.82, 2.24) is 5.32 Å². The van der Waals surface area contributed by atoms with Crippen molar-refractivity contribution in [1.29, 1.82) is 0 Å². The molecule has 4 nitrogen and oxygen atoms in total. The maximum absolute atomic E-state index is 13.7. The lowest BCUT2D eigenvalue weighted by molar-refractivity contribution is -0.144. The third-order valence-corrected chi connectivity index (χ3v) is 3.31. The van der Waals surface area contributed by atoms with Gasteiger partial charge in [0.2, 0.25) is 0 Å². The fourth-order valence-corrected chi connectivity index (χ4v) is 2.22. The molecule has 1 atom stereocenters. The van der Waals surface area contributed by atoms with E-state index in [1.165, 1.54) is 0 Å². The van der Waals surface area contributed by atoms with Crippen molar-refractivity contribution in [2.75, 3.05) is 6.61 Å². The molecule has 21 heavy (non-hydrogen) atoms. The second-order valence-electron chi connectivity index (χ2n) is 5.78. The molecule has 0 saturated carbocycles. The molecule has 0 aromatic heterocycles. The summed E-state index contributed by atoms with van der Waals surface area (Å²) in [6.45, 7) is 7.42. The Kier molecular flexibility index (Phi) is 6.15. The van der Waals surface area contributed by atoms with Crippen LogP contribution >= 0.6 is 0 Å². The molecule has 0 radical (unpaired) electrons. The number of ether oxygens (including phenoxy) is 1. The summed E-state index contributed by atoms with van der Waals surface area (Å²) in [5, 5.41) is 12.4. The first-order valence-electron chi connectivity index (χ1n) is 7.15. The molecule has 118 valence electrons. The van der Waals surface area contributed by atoms with Crippen LogP contribution in [-0.2, 0) is 4.79 Å². The molecule has 1 rings (SSSR count). The average Bonchev–Trinajstić information content (AvgIpc) is 2.38. The highest BCUT2D eigenvalue weighted by molar-refractivity contribution is 5.78. The fourth-order valence-electron chi connectivity index (χ4n) is 2.22. The predicted octanol–water partition coefficient (Wildman–Crippen LogP) is 3.13. The van der Waals surface area contributed by atoms with Gasteiger partial charge in [0.15, 0.2) is 11.6 Å². The highest BCUT2D eigenvalue weighted by Gasteiger charge is 2.32. The third kappa shape index (κ3) is 5.01. The Morgan fingerprint density at radius 2 is 2.14 bits per heavy atom. The first-order chi connectivity index (χ1) is 9.76. The summed E-state index contributed by atoms with van der Waals surface area (Å²) in [6.07, 6.45) is 0.934. The first kappa shape index (κ1) is 17.4. The summed E-state index contributed by atoms with van der Waals surface area (Å²) < 4.78 is 19.1. The molecule has 0 bridgehead atoms. The summed E-state index contributed by atoms with van der Waals surface area (Å²) in [4.78, 5) is 11.4. The van der Waals surface area contributed by atoms with Crippen LogP contribution < -0.4 is 10.1 Å². The quantitative estimate of drug-likeness (QED) is 0.724. The SMILES string of the molecule is Cc1cccc(OCCCC(C)(NC(C)C)C(=O)O)c1F. The van der Waals surface area contributed by atoms with Crippen LogP contribution in [0.5, 0.6) is 5.75 Å². The number of halogens is 1. The second-order valence-corrected chi connectivity index (χ2v) is 5.78. The molecule has 0 aliphatic rings. The van der Waals surface area contributed by atoms with Gasteiger partial charge in [0.1, 0.15) is 5.54 Å². The Bertz CT molecular complexity index is 490. The van der Waals surface area contributed by atoms with Crippen LogP contribution in [0.3, 0.4) is 0 Å². The number of carbonyl (C=O) groups is 1. The van der Waals surface area contributed by atoms with Crippen LogP contribution in [0.25, 0.3) is 0 Å². The van der Waals surface area contributed by atoms with Gasteiger partial charge in [0.25, 0.3) is 0 Å². The zero-order valence-corrected chi connectivity index (χ0v) is 13.1. The van der Waals surface area contributed by atoms with E-state index in [1.807, 2.05) is 13.8 Å². The molecule has 1 aromatic carbocycles. The molecule has 0 heterocycles. The summed E-state index contributed by atoms with van der Waals surface area (Å²) in [6, 6.07) is 5.05. The monoisotopic (exact) mass is 297 g/mol. The van der Waals surface area contributed by atoms with Crippen LogP contribution in [0.4, 0.5) is 4.39 Å². The van der Waals surface area contributed by atoms with Gasteiger partial charge in [0.05, 0.1) is 6.61 Å². The molecule has 5 heteroatoms. The Morgan fingerprint density at radius 1 is 1.48 bits per heavy atom. The highest BCUT2D eigenvalue weighted by atomic mass is 19.1. The van der Waals surface area contributed by atoms with E-state index in [4.69, 9.17) is 4.74 Å². The number of hydrogen-bond donors (Lipinski definition) is 2. The minimum absolute atomic E-state index is 0.0706. The van der Waals surface area contributed by atoms with Gasteiger partial charge in [0, 0.05) is 6.04 Å². The number of benzene rings is 1. The number of aryl methyl sites for hydroxylation is 1. The van der Waals surface area contributed by atoms with Crippen LogP contribution in [0, 0.1) is 12.7 Å². The Labute approximate surface area is 125 Å². The zero-order chi connectivity index (χ0) is 16.0. The Morgan fingerprint density at radius 3 is 2.71 bits per heavy atom. The zero-order valence-electron chi connectivity index (χ0n) is 13.1. The predicted molar refractivity (Wildman–Crippen MR) is 80.2 cm³/mol. The van der Waals surface area contributed by atoms with E-state index < -0.39 is 11.5 Å². The molecular formula is C16H24FNO3. The number of aliphatic carboxylic acids is 1. The van der Waals surface area contributed by atoms with E-state index in [2.05, 4.69) is 5.32 Å². The maximum atomic E-state index is 13.7. The fraction of sp³-hybridized carbons (Fsp3) is 0.562. The van der Waals surface area contributed by atoms with Gasteiger partial charge >= 0.3 is 5.97 Å². The maximum Gasteiger partial charge on any atom is 0.323 e. The van der Waals surface area contributed by atoms with Crippen molar-refractivity contribution in [3.8, 4) is 5.75 Å². The average molecular weight is 297 g/mol. The number of nitrogens with one attached hydrogen (secondary N) is 1. The Balaban J connectivity index is 2.52. The molecule has 1 aromatic rings. The molecule has 1 unspecified atom stereocenters. The largest absolute Gasteiger partial charge is 0.491 e. The number of hydrogen-bond acceptors (Lipinski definition) is 3. The summed E-state index contributed by atoms with van der Waals surface area (Å²) in [5.74, 6) is -1.04. The van der Waals surface area contributed by atoms with Gasteiger partial charge < -0.3 is 9.84 Å². The van der Waals surface area contributed by atoms with Crippen molar-refractivity contribution >= 4 is 5.97 Å². The lowest BCUT2D eigenvalue weighted by atomic mass is 9.95. The number of rotatable bonds is 8. The Hall–Kier alpha value is -1.62. The molecule has 0 saturated heterocycles. The molecule has 0 aliphatic heterocycles. The van der Waals surface area contributed by atoms with Gasteiger partial charge in [-0.15, -0.1) is 0 Å². The third-order valence-electron chi connectivity index (χ3n) is 3.31. The number of carboxylic acid groups (broad SMARTS) is 1. The summed E-state index contributed by atoms with van der Waals surface area (Å²) >= 11 is 0. The minimum Gasteiger partial charge on any atom is -0.491 e. The van der Waals surface area contributed by atoms with Crippen LogP contribution in [0.2, 0.25) is 0 Å². The second kappa shape index (κ2) is 7.41. The van der Waals surface area contributed by atoms with Crippen molar-refractivity contribution in [2.45, 2.75) is 52.1 Å². The van der Waals surface area contributed by atoms with E-state index in [-0.39, 0.29) is 24.2 Å². The van der Waals surface area contributed by atoms with Gasteiger partial charge in [-0.1, -0.05) is 12.1 Å². The van der Waals surface area contributed by atoms with Crippen LogP contribution in [-0.4, -0.2) is 29.3 Å². The highest BCUT2D eigenvalue weighted by Crippen LogP contribution is 2.21. The van der Waals surface area contributed by atoms with Crippen molar-refractivity contribution < 1.29 is 19.0 Å². The van der Waals surface area contributed by atoms with Gasteiger partial charge in [-0.2, -0.15) is 0 Å². The molecular weight excluding hydrogens is 273 g/mol. The lowest BCUT2D eigenvalue weighted by Crippen LogP contribution is -2.52. The molecule has 2 N–H and O–H groups in total. The van der Waals surface area contributed by atoms with Crippen LogP contribution in [0.1, 0.15) is 39.2 Å². The standard InChI is InChI=1S/C16H24FNO3/c1-11(2)18-16(4,15(19)20)9-6-10-21-13-8-5-7-12(3)14(13)17/h5,7-8,11,18H,6,9-10H2,1-4H3,(H,19,20). The van der Waals surface area contributed by atoms with Gasteiger partial charge in [-0.3, -0.25) is 10.1 Å². The summed E-state index contributed by atoms with van der Waals surface area (Å²) in [7, 11) is 0. The van der Waals surface area contributed by atoms with E-state index in [0.29, 0.717) is 18.4 Å². The minimum atomic E-state index is -0.997. The smallest absolute Gasteiger partial charge is 0.323 e. The van der Waals surface area contributed by atoms with E-state index in [9.17, 15) is 14.3 Å². The van der Waals surface area contributed by atoms with Crippen molar-refractivity contribution in [3.05, 3.63) is 29.6 Å².